The first kappa shape index (κ1) is 14.0. The van der Waals surface area contributed by atoms with Crippen molar-refractivity contribution in [2.24, 2.45) is 0 Å². The van der Waals surface area contributed by atoms with E-state index < -0.39 is 0 Å². The number of para-hydroxylation sites is 1. The second-order valence-electron chi connectivity index (χ2n) is 5.86. The summed E-state index contributed by atoms with van der Waals surface area (Å²) in [6.07, 6.45) is 7.19. The maximum Gasteiger partial charge on any atom is 0.0478 e. The molecule has 0 fully saturated rings. The molecule has 1 aliphatic rings. The minimum absolute atomic E-state index is 0.503. The van der Waals surface area contributed by atoms with Gasteiger partial charge < -0.3 is 10.3 Å². The Balaban J connectivity index is 1.82. The van der Waals surface area contributed by atoms with Gasteiger partial charge in [0.05, 0.1) is 0 Å². The zero-order chi connectivity index (χ0) is 13.9. The summed E-state index contributed by atoms with van der Waals surface area (Å²) in [4.78, 5) is 3.66. The first-order chi connectivity index (χ1) is 9.79. The molecule has 0 amide bonds. The van der Waals surface area contributed by atoms with Crippen molar-refractivity contribution in [1.29, 1.82) is 0 Å². The van der Waals surface area contributed by atoms with Crippen molar-refractivity contribution in [2.75, 3.05) is 12.0 Å². The lowest BCUT2D eigenvalue weighted by molar-refractivity contribution is 0.399. The zero-order valence-electron chi connectivity index (χ0n) is 12.4. The predicted octanol–water partition coefficient (Wildman–Crippen LogP) is 4.28. The molecule has 0 bridgehead atoms. The van der Waals surface area contributed by atoms with Crippen LogP contribution >= 0.6 is 11.8 Å². The number of aromatic amines is 1. The Morgan fingerprint density at radius 3 is 3.10 bits per heavy atom. The summed E-state index contributed by atoms with van der Waals surface area (Å²) in [6, 6.07) is 9.81. The van der Waals surface area contributed by atoms with Gasteiger partial charge in [-0.05, 0) is 56.2 Å². The average molecular weight is 288 g/mol. The molecule has 2 atom stereocenters. The van der Waals surface area contributed by atoms with Crippen LogP contribution in [0.15, 0.2) is 24.3 Å². The highest BCUT2D eigenvalue weighted by Gasteiger charge is 2.24. The molecule has 0 radical (unpaired) electrons. The Bertz CT molecular complexity index is 575. The van der Waals surface area contributed by atoms with Gasteiger partial charge in [0.25, 0.3) is 0 Å². The molecule has 0 spiro atoms. The van der Waals surface area contributed by atoms with Crippen LogP contribution < -0.4 is 5.32 Å². The highest BCUT2D eigenvalue weighted by atomic mass is 32.2. The third-order valence-electron chi connectivity index (χ3n) is 4.36. The molecule has 0 saturated heterocycles. The maximum atomic E-state index is 3.83. The third kappa shape index (κ3) is 2.75. The van der Waals surface area contributed by atoms with Gasteiger partial charge in [-0.2, -0.15) is 11.8 Å². The number of benzene rings is 1. The lowest BCUT2D eigenvalue weighted by atomic mass is 9.91. The number of fused-ring (bicyclic) bond motifs is 3. The Morgan fingerprint density at radius 1 is 1.40 bits per heavy atom. The summed E-state index contributed by atoms with van der Waals surface area (Å²) in [7, 11) is 0. The molecule has 20 heavy (non-hydrogen) atoms. The van der Waals surface area contributed by atoms with Gasteiger partial charge in [0.15, 0.2) is 0 Å². The lowest BCUT2D eigenvalue weighted by Crippen LogP contribution is -2.33. The van der Waals surface area contributed by atoms with Crippen molar-refractivity contribution < 1.29 is 0 Å². The van der Waals surface area contributed by atoms with Crippen LogP contribution in [0.2, 0.25) is 0 Å². The molecule has 3 rings (SSSR count). The fourth-order valence-electron chi connectivity index (χ4n) is 3.30. The van der Waals surface area contributed by atoms with Crippen LogP contribution in [0.3, 0.4) is 0 Å². The number of rotatable bonds is 5. The van der Waals surface area contributed by atoms with Gasteiger partial charge in [-0.3, -0.25) is 0 Å². The minimum atomic E-state index is 0.503. The number of hydrogen-bond donors (Lipinski definition) is 2. The summed E-state index contributed by atoms with van der Waals surface area (Å²) in [5, 5.41) is 5.25. The Labute approximate surface area is 125 Å². The maximum absolute atomic E-state index is 3.83. The molecule has 1 aromatic carbocycles. The SMILES string of the molecule is CSCCC(C)NC1CCCc2c1[nH]c1ccccc21. The van der Waals surface area contributed by atoms with Gasteiger partial charge in [0.2, 0.25) is 0 Å². The van der Waals surface area contributed by atoms with Crippen LogP contribution in [0, 0.1) is 0 Å². The number of nitrogens with one attached hydrogen (secondary N) is 2. The Kier molecular flexibility index (Phi) is 4.37. The van der Waals surface area contributed by atoms with Crippen molar-refractivity contribution in [3.8, 4) is 0 Å². The van der Waals surface area contributed by atoms with E-state index in [1.165, 1.54) is 48.0 Å². The van der Waals surface area contributed by atoms with E-state index in [0.29, 0.717) is 12.1 Å². The fourth-order valence-corrected chi connectivity index (χ4v) is 3.89. The summed E-state index contributed by atoms with van der Waals surface area (Å²) in [5.74, 6) is 1.24. The van der Waals surface area contributed by atoms with Crippen molar-refractivity contribution >= 4 is 22.7 Å². The normalized spacial score (nSPS) is 20.0. The molecular weight excluding hydrogens is 264 g/mol. The second kappa shape index (κ2) is 6.23. The van der Waals surface area contributed by atoms with Gasteiger partial charge in [-0.25, -0.2) is 0 Å². The van der Waals surface area contributed by atoms with Crippen molar-refractivity contribution in [2.45, 2.75) is 44.7 Å². The standard InChI is InChI=1S/C17H24N2S/c1-12(10-11-20-2)18-16-9-5-7-14-13-6-3-4-8-15(13)19-17(14)16/h3-4,6,8,12,16,18-19H,5,7,9-11H2,1-2H3. The largest absolute Gasteiger partial charge is 0.357 e. The van der Waals surface area contributed by atoms with Gasteiger partial charge in [-0.1, -0.05) is 18.2 Å². The van der Waals surface area contributed by atoms with Crippen LogP contribution in [0.4, 0.5) is 0 Å². The van der Waals surface area contributed by atoms with Crippen LogP contribution in [0.1, 0.15) is 43.5 Å². The van der Waals surface area contributed by atoms with E-state index >= 15 is 0 Å². The monoisotopic (exact) mass is 288 g/mol. The first-order valence-corrected chi connectivity index (χ1v) is 9.03. The number of H-pyrrole nitrogens is 1. The minimum Gasteiger partial charge on any atom is -0.357 e. The highest BCUT2D eigenvalue weighted by Crippen LogP contribution is 2.34. The molecular formula is C17H24N2S. The summed E-state index contributed by atoms with van der Waals surface area (Å²) in [5.41, 5.74) is 4.28. The highest BCUT2D eigenvalue weighted by molar-refractivity contribution is 7.98. The predicted molar refractivity (Wildman–Crippen MR) is 89.6 cm³/mol. The van der Waals surface area contributed by atoms with Crippen LogP contribution in [0.5, 0.6) is 0 Å². The van der Waals surface area contributed by atoms with Crippen LogP contribution in [-0.2, 0) is 6.42 Å². The van der Waals surface area contributed by atoms with Gasteiger partial charge in [0, 0.05) is 28.7 Å². The third-order valence-corrected chi connectivity index (χ3v) is 5.00. The van der Waals surface area contributed by atoms with E-state index in [2.05, 4.69) is 47.7 Å². The average Bonchev–Trinajstić information content (AvgIpc) is 2.85. The van der Waals surface area contributed by atoms with E-state index in [1.807, 2.05) is 11.8 Å². The van der Waals surface area contributed by atoms with E-state index in [4.69, 9.17) is 0 Å². The van der Waals surface area contributed by atoms with Gasteiger partial charge in [-0.15, -0.1) is 0 Å². The molecule has 1 aliphatic carbocycles. The topological polar surface area (TPSA) is 27.8 Å². The Morgan fingerprint density at radius 2 is 2.25 bits per heavy atom. The zero-order valence-corrected chi connectivity index (χ0v) is 13.2. The van der Waals surface area contributed by atoms with Crippen molar-refractivity contribution in [1.82, 2.24) is 10.3 Å². The lowest BCUT2D eigenvalue weighted by Gasteiger charge is -2.27. The molecule has 2 aromatic rings. The summed E-state index contributed by atoms with van der Waals surface area (Å²) < 4.78 is 0. The van der Waals surface area contributed by atoms with Crippen LogP contribution in [-0.4, -0.2) is 23.0 Å². The quantitative estimate of drug-likeness (QED) is 0.859. The number of aryl methyl sites for hydroxylation is 1. The summed E-state index contributed by atoms with van der Waals surface area (Å²) in [6.45, 7) is 2.31. The molecule has 2 nitrogen and oxygen atoms in total. The second-order valence-corrected chi connectivity index (χ2v) is 6.84. The molecule has 0 saturated carbocycles. The molecule has 3 heteroatoms. The fraction of sp³-hybridized carbons (Fsp3) is 0.529. The number of thioether (sulfide) groups is 1. The molecule has 0 aliphatic heterocycles. The van der Waals surface area contributed by atoms with Crippen molar-refractivity contribution in [3.05, 3.63) is 35.5 Å². The molecule has 2 unspecified atom stereocenters. The van der Waals surface area contributed by atoms with E-state index in [1.54, 1.807) is 5.56 Å². The molecule has 108 valence electrons. The smallest absolute Gasteiger partial charge is 0.0478 e. The summed E-state index contributed by atoms with van der Waals surface area (Å²) >= 11 is 1.93. The number of hydrogen-bond acceptors (Lipinski definition) is 2. The first-order valence-electron chi connectivity index (χ1n) is 7.64. The molecule has 2 N–H and O–H groups in total. The molecule has 1 heterocycles. The molecule has 1 aromatic heterocycles. The Hall–Kier alpha value is -0.930. The number of aromatic nitrogens is 1. The van der Waals surface area contributed by atoms with Gasteiger partial charge >= 0.3 is 0 Å². The van der Waals surface area contributed by atoms with Gasteiger partial charge in [0.1, 0.15) is 0 Å². The van der Waals surface area contributed by atoms with E-state index in [0.717, 1.165) is 0 Å². The van der Waals surface area contributed by atoms with Crippen LogP contribution in [0.25, 0.3) is 10.9 Å². The van der Waals surface area contributed by atoms with Crippen molar-refractivity contribution in [3.63, 3.8) is 0 Å². The van der Waals surface area contributed by atoms with E-state index in [-0.39, 0.29) is 0 Å². The van der Waals surface area contributed by atoms with E-state index in [9.17, 15) is 0 Å².